The molecule has 0 fully saturated rings. The number of aromatic nitrogens is 1. The van der Waals surface area contributed by atoms with Crippen LogP contribution in [0.25, 0.3) is 10.6 Å². The van der Waals surface area contributed by atoms with Crippen molar-refractivity contribution in [2.45, 2.75) is 26.8 Å². The van der Waals surface area contributed by atoms with E-state index >= 15 is 0 Å². The molecule has 0 saturated carbocycles. The fourth-order valence-electron chi connectivity index (χ4n) is 1.89. The molecule has 0 unspecified atom stereocenters. The Bertz CT molecular complexity index is 549. The van der Waals surface area contributed by atoms with E-state index in [9.17, 15) is 4.39 Å². The molecule has 0 saturated heterocycles. The quantitative estimate of drug-likeness (QED) is 0.913. The van der Waals surface area contributed by atoms with Crippen molar-refractivity contribution >= 4 is 11.3 Å². The van der Waals surface area contributed by atoms with Crippen molar-refractivity contribution in [3.8, 4) is 10.6 Å². The zero-order valence-electron chi connectivity index (χ0n) is 10.9. The summed E-state index contributed by atoms with van der Waals surface area (Å²) >= 11 is 1.57. The maximum absolute atomic E-state index is 14.1. The van der Waals surface area contributed by atoms with Gasteiger partial charge >= 0.3 is 0 Å². The van der Waals surface area contributed by atoms with Crippen LogP contribution in [0.4, 0.5) is 4.39 Å². The van der Waals surface area contributed by atoms with Gasteiger partial charge in [-0.05, 0) is 32.0 Å². The van der Waals surface area contributed by atoms with Gasteiger partial charge in [-0.15, -0.1) is 11.3 Å². The lowest BCUT2D eigenvalue weighted by Gasteiger charge is -2.01. The molecule has 0 bridgehead atoms. The van der Waals surface area contributed by atoms with Gasteiger partial charge in [-0.3, -0.25) is 0 Å². The molecule has 0 aliphatic carbocycles. The maximum atomic E-state index is 14.1. The van der Waals surface area contributed by atoms with Gasteiger partial charge in [-0.1, -0.05) is 19.1 Å². The van der Waals surface area contributed by atoms with E-state index in [0.29, 0.717) is 11.1 Å². The number of benzene rings is 1. The van der Waals surface area contributed by atoms with Crippen LogP contribution in [0.5, 0.6) is 0 Å². The van der Waals surface area contributed by atoms with Crippen molar-refractivity contribution in [1.82, 2.24) is 10.3 Å². The summed E-state index contributed by atoms with van der Waals surface area (Å²) in [7, 11) is 1.91. The summed E-state index contributed by atoms with van der Waals surface area (Å²) in [6, 6.07) is 5.45. The summed E-state index contributed by atoms with van der Waals surface area (Å²) in [6.45, 7) is 4.64. The molecule has 4 heteroatoms. The van der Waals surface area contributed by atoms with Crippen molar-refractivity contribution < 1.29 is 4.39 Å². The highest BCUT2D eigenvalue weighted by Gasteiger charge is 2.14. The molecular weight excluding hydrogens is 247 g/mol. The summed E-state index contributed by atoms with van der Waals surface area (Å²) < 4.78 is 14.1. The summed E-state index contributed by atoms with van der Waals surface area (Å²) in [5.41, 5.74) is 2.33. The Kier molecular flexibility index (Phi) is 4.09. The van der Waals surface area contributed by atoms with Crippen molar-refractivity contribution in [2.75, 3.05) is 7.05 Å². The van der Waals surface area contributed by atoms with E-state index in [2.05, 4.69) is 17.2 Å². The SMILES string of the molecule is CCc1nc(-c2cccc(C)c2F)sc1CNC. The zero-order chi connectivity index (χ0) is 13.1. The lowest BCUT2D eigenvalue weighted by molar-refractivity contribution is 0.622. The molecule has 1 aromatic carbocycles. The first-order chi connectivity index (χ1) is 8.67. The van der Waals surface area contributed by atoms with Crippen molar-refractivity contribution in [3.63, 3.8) is 0 Å². The third-order valence-electron chi connectivity index (χ3n) is 2.87. The number of nitrogens with one attached hydrogen (secondary N) is 1. The molecule has 0 aliphatic heterocycles. The van der Waals surface area contributed by atoms with Crippen molar-refractivity contribution in [3.05, 3.63) is 40.2 Å². The van der Waals surface area contributed by atoms with E-state index < -0.39 is 0 Å². The molecule has 2 aromatic rings. The Hall–Kier alpha value is -1.26. The number of thiazole rings is 1. The molecule has 1 heterocycles. The van der Waals surface area contributed by atoms with E-state index in [0.717, 1.165) is 23.7 Å². The fraction of sp³-hybridized carbons (Fsp3) is 0.357. The van der Waals surface area contributed by atoms with Gasteiger partial charge in [0.25, 0.3) is 0 Å². The number of aryl methyl sites for hydroxylation is 2. The Morgan fingerprint density at radius 1 is 1.39 bits per heavy atom. The van der Waals surface area contributed by atoms with E-state index in [1.165, 1.54) is 4.88 Å². The van der Waals surface area contributed by atoms with Crippen molar-refractivity contribution in [2.24, 2.45) is 0 Å². The number of rotatable bonds is 4. The summed E-state index contributed by atoms with van der Waals surface area (Å²) in [4.78, 5) is 5.75. The smallest absolute Gasteiger partial charge is 0.136 e. The molecule has 0 aliphatic rings. The Balaban J connectivity index is 2.47. The standard InChI is InChI=1S/C14H17FN2S/c1-4-11-12(8-16-3)18-14(17-11)10-7-5-6-9(2)13(10)15/h5-7,16H,4,8H2,1-3H3. The molecule has 18 heavy (non-hydrogen) atoms. The average Bonchev–Trinajstić information content (AvgIpc) is 2.76. The summed E-state index contributed by atoms with van der Waals surface area (Å²) in [5.74, 6) is -0.162. The van der Waals surface area contributed by atoms with E-state index in [1.54, 1.807) is 30.4 Å². The van der Waals surface area contributed by atoms with Crippen molar-refractivity contribution in [1.29, 1.82) is 0 Å². The normalized spacial score (nSPS) is 10.9. The highest BCUT2D eigenvalue weighted by Crippen LogP contribution is 2.31. The Morgan fingerprint density at radius 2 is 2.17 bits per heavy atom. The van der Waals surface area contributed by atoms with Crippen LogP contribution in [0.3, 0.4) is 0 Å². The van der Waals surface area contributed by atoms with Gasteiger partial charge in [0.05, 0.1) is 5.69 Å². The van der Waals surface area contributed by atoms with Crippen LogP contribution < -0.4 is 5.32 Å². The molecule has 1 aromatic heterocycles. The number of hydrogen-bond donors (Lipinski definition) is 1. The molecule has 2 nitrogen and oxygen atoms in total. The lowest BCUT2D eigenvalue weighted by Crippen LogP contribution is -2.05. The minimum absolute atomic E-state index is 0.162. The number of hydrogen-bond acceptors (Lipinski definition) is 3. The van der Waals surface area contributed by atoms with E-state index in [-0.39, 0.29) is 5.82 Å². The number of halogens is 1. The fourth-order valence-corrected chi connectivity index (χ4v) is 3.07. The molecule has 96 valence electrons. The molecule has 0 spiro atoms. The Morgan fingerprint density at radius 3 is 2.83 bits per heavy atom. The second-order valence-electron chi connectivity index (χ2n) is 4.21. The topological polar surface area (TPSA) is 24.9 Å². The second kappa shape index (κ2) is 5.59. The minimum atomic E-state index is -0.162. The molecule has 2 rings (SSSR count). The summed E-state index contributed by atoms with van der Waals surface area (Å²) in [5, 5.41) is 3.90. The average molecular weight is 264 g/mol. The van der Waals surface area contributed by atoms with Gasteiger partial charge < -0.3 is 5.32 Å². The third kappa shape index (κ3) is 2.44. The molecule has 0 radical (unpaired) electrons. The highest BCUT2D eigenvalue weighted by atomic mass is 32.1. The first-order valence-corrected chi connectivity index (χ1v) is 6.87. The maximum Gasteiger partial charge on any atom is 0.136 e. The van der Waals surface area contributed by atoms with Gasteiger partial charge in [0.1, 0.15) is 10.8 Å². The third-order valence-corrected chi connectivity index (χ3v) is 4.00. The minimum Gasteiger partial charge on any atom is -0.315 e. The predicted molar refractivity (Wildman–Crippen MR) is 74.4 cm³/mol. The second-order valence-corrected chi connectivity index (χ2v) is 5.29. The largest absolute Gasteiger partial charge is 0.315 e. The van der Waals surface area contributed by atoms with Gasteiger partial charge in [-0.25, -0.2) is 9.37 Å². The van der Waals surface area contributed by atoms with E-state index in [4.69, 9.17) is 0 Å². The zero-order valence-corrected chi connectivity index (χ0v) is 11.7. The lowest BCUT2D eigenvalue weighted by atomic mass is 10.1. The van der Waals surface area contributed by atoms with E-state index in [1.807, 2.05) is 13.1 Å². The summed E-state index contributed by atoms with van der Waals surface area (Å²) in [6.07, 6.45) is 0.876. The van der Waals surface area contributed by atoms with Crippen LogP contribution in [0, 0.1) is 12.7 Å². The predicted octanol–water partition coefficient (Wildman–Crippen LogP) is 3.54. The van der Waals surface area contributed by atoms with Crippen LogP contribution in [-0.4, -0.2) is 12.0 Å². The first kappa shape index (κ1) is 13.2. The monoisotopic (exact) mass is 264 g/mol. The van der Waals surface area contributed by atoms with Gasteiger partial charge in [0.15, 0.2) is 0 Å². The first-order valence-electron chi connectivity index (χ1n) is 6.06. The molecule has 1 N–H and O–H groups in total. The number of nitrogens with zero attached hydrogens (tertiary/aromatic N) is 1. The van der Waals surface area contributed by atoms with Crippen LogP contribution in [0.15, 0.2) is 18.2 Å². The Labute approximate surface area is 111 Å². The molecular formula is C14H17FN2S. The molecule has 0 atom stereocenters. The van der Waals surface area contributed by atoms with Crippen LogP contribution in [0.2, 0.25) is 0 Å². The molecule has 0 amide bonds. The van der Waals surface area contributed by atoms with Gasteiger partial charge in [0, 0.05) is 17.0 Å². The van der Waals surface area contributed by atoms with Crippen LogP contribution in [0.1, 0.15) is 23.1 Å². The highest BCUT2D eigenvalue weighted by molar-refractivity contribution is 7.15. The van der Waals surface area contributed by atoms with Gasteiger partial charge in [-0.2, -0.15) is 0 Å². The van der Waals surface area contributed by atoms with Gasteiger partial charge in [0.2, 0.25) is 0 Å². The van der Waals surface area contributed by atoms with Crippen LogP contribution >= 0.6 is 11.3 Å². The van der Waals surface area contributed by atoms with Crippen LogP contribution in [-0.2, 0) is 13.0 Å².